The molecule has 0 aromatic heterocycles. The second-order valence-electron chi connectivity index (χ2n) is 5.35. The first-order valence-corrected chi connectivity index (χ1v) is 8.55. The number of sulfonamides is 1. The highest BCUT2D eigenvalue weighted by Gasteiger charge is 2.30. The molecule has 26 heavy (non-hydrogen) atoms. The highest BCUT2D eigenvalue weighted by atomic mass is 32.2. The molecule has 2 N–H and O–H groups in total. The molecular formula is C13H10BN3O8S. The average molecular weight is 379 g/mol. The zero-order valence-corrected chi connectivity index (χ0v) is 13.7. The molecule has 0 atom stereocenters. The van der Waals surface area contributed by atoms with Gasteiger partial charge in [-0.1, -0.05) is 6.07 Å². The maximum atomic E-state index is 12.5. The smallest absolute Gasteiger partial charge is 0.423 e. The molecular weight excluding hydrogens is 369 g/mol. The molecule has 1 aliphatic rings. The Hall–Kier alpha value is -3.03. The number of non-ortho nitro benzene ring substituents is 1. The van der Waals surface area contributed by atoms with Crippen molar-refractivity contribution in [2.24, 2.45) is 0 Å². The molecule has 0 aliphatic carbocycles. The predicted octanol–water partition coefficient (Wildman–Crippen LogP) is 0.521. The summed E-state index contributed by atoms with van der Waals surface area (Å²) in [6.07, 6.45) is 0. The Morgan fingerprint density at radius 1 is 1.12 bits per heavy atom. The lowest BCUT2D eigenvalue weighted by Crippen LogP contribution is -2.28. The van der Waals surface area contributed by atoms with Gasteiger partial charge in [-0.15, -0.1) is 0 Å². The Labute approximate surface area is 146 Å². The first kappa shape index (κ1) is 17.8. The van der Waals surface area contributed by atoms with Crippen LogP contribution in [0.2, 0.25) is 0 Å². The van der Waals surface area contributed by atoms with Crippen molar-refractivity contribution in [2.75, 3.05) is 4.72 Å². The number of hydrogen-bond donors (Lipinski definition) is 2. The summed E-state index contributed by atoms with van der Waals surface area (Å²) in [6, 6.07) is 6.55. The van der Waals surface area contributed by atoms with E-state index < -0.39 is 43.3 Å². The maximum Gasteiger partial charge on any atom is 0.491 e. The first-order chi connectivity index (χ1) is 12.2. The van der Waals surface area contributed by atoms with Gasteiger partial charge in [0.15, 0.2) is 4.90 Å². The molecule has 2 aromatic rings. The minimum atomic E-state index is -4.40. The van der Waals surface area contributed by atoms with Gasteiger partial charge < -0.3 is 9.68 Å². The zero-order chi connectivity index (χ0) is 19.1. The molecule has 134 valence electrons. The summed E-state index contributed by atoms with van der Waals surface area (Å²) < 4.78 is 32.2. The van der Waals surface area contributed by atoms with Crippen LogP contribution in [0.5, 0.6) is 0 Å². The molecule has 0 bridgehead atoms. The van der Waals surface area contributed by atoms with Crippen molar-refractivity contribution in [2.45, 2.75) is 11.5 Å². The minimum absolute atomic E-state index is 0.0564. The van der Waals surface area contributed by atoms with Crippen LogP contribution in [-0.4, -0.2) is 30.4 Å². The summed E-state index contributed by atoms with van der Waals surface area (Å²) in [6.45, 7) is 0.178. The standard InChI is InChI=1S/C13H10BN3O8S/c18-14-11-5-9(2-1-8(11)7-25-14)15-26(23,24)13-4-3-10(16(19)20)6-12(13)17(21)22/h1-6,15,18H,7H2. The molecule has 11 nitrogen and oxygen atoms in total. The Kier molecular flexibility index (Phi) is 4.35. The number of nitrogens with zero attached hydrogens (tertiary/aromatic N) is 2. The van der Waals surface area contributed by atoms with E-state index in [4.69, 9.17) is 4.65 Å². The number of hydrogen-bond acceptors (Lipinski definition) is 8. The SMILES string of the molecule is O=[N+]([O-])c1ccc(S(=O)(=O)Nc2ccc3c(c2)B(O)OC3)c([N+](=O)[O-])c1. The minimum Gasteiger partial charge on any atom is -0.423 e. The summed E-state index contributed by atoms with van der Waals surface area (Å²) in [4.78, 5) is 19.3. The van der Waals surface area contributed by atoms with Crippen LogP contribution in [0, 0.1) is 20.2 Å². The number of anilines is 1. The fraction of sp³-hybridized carbons (Fsp3) is 0.0769. The van der Waals surface area contributed by atoms with Crippen molar-refractivity contribution in [3.05, 3.63) is 62.2 Å². The van der Waals surface area contributed by atoms with E-state index in [1.807, 2.05) is 0 Å². The van der Waals surface area contributed by atoms with Crippen LogP contribution in [0.3, 0.4) is 0 Å². The Morgan fingerprint density at radius 2 is 1.85 bits per heavy atom. The average Bonchev–Trinajstić information content (AvgIpc) is 2.94. The molecule has 0 saturated carbocycles. The molecule has 1 heterocycles. The monoisotopic (exact) mass is 379 g/mol. The highest BCUT2D eigenvalue weighted by Crippen LogP contribution is 2.29. The molecule has 3 rings (SSSR count). The van der Waals surface area contributed by atoms with Gasteiger partial charge in [0.2, 0.25) is 0 Å². The number of rotatable bonds is 5. The lowest BCUT2D eigenvalue weighted by molar-refractivity contribution is -0.396. The van der Waals surface area contributed by atoms with E-state index in [1.165, 1.54) is 12.1 Å². The predicted molar refractivity (Wildman–Crippen MR) is 89.4 cm³/mol. The van der Waals surface area contributed by atoms with E-state index in [0.717, 1.165) is 12.1 Å². The topological polar surface area (TPSA) is 162 Å². The van der Waals surface area contributed by atoms with Gasteiger partial charge in [-0.25, -0.2) is 8.42 Å². The first-order valence-electron chi connectivity index (χ1n) is 7.07. The fourth-order valence-electron chi connectivity index (χ4n) is 2.48. The molecule has 0 saturated heterocycles. The summed E-state index contributed by atoms with van der Waals surface area (Å²) in [5, 5.41) is 31.6. The van der Waals surface area contributed by atoms with Gasteiger partial charge in [-0.3, -0.25) is 25.0 Å². The summed E-state index contributed by atoms with van der Waals surface area (Å²) in [5.41, 5.74) is -0.407. The van der Waals surface area contributed by atoms with Gasteiger partial charge in [-0.05, 0) is 29.2 Å². The summed E-state index contributed by atoms with van der Waals surface area (Å²) >= 11 is 0. The number of benzene rings is 2. The lowest BCUT2D eigenvalue weighted by atomic mass is 9.79. The van der Waals surface area contributed by atoms with Crippen LogP contribution in [0.15, 0.2) is 41.3 Å². The second-order valence-corrected chi connectivity index (χ2v) is 7.00. The van der Waals surface area contributed by atoms with Gasteiger partial charge in [0, 0.05) is 11.8 Å². The van der Waals surface area contributed by atoms with E-state index in [2.05, 4.69) is 4.72 Å². The number of fused-ring (bicyclic) bond motifs is 1. The normalized spacial score (nSPS) is 13.3. The van der Waals surface area contributed by atoms with Crippen LogP contribution < -0.4 is 10.2 Å². The van der Waals surface area contributed by atoms with E-state index in [0.29, 0.717) is 17.1 Å². The highest BCUT2D eigenvalue weighted by molar-refractivity contribution is 7.92. The van der Waals surface area contributed by atoms with Crippen LogP contribution in [0.4, 0.5) is 17.1 Å². The number of nitro groups is 2. The van der Waals surface area contributed by atoms with E-state index in [9.17, 15) is 33.7 Å². The Morgan fingerprint density at radius 3 is 2.50 bits per heavy atom. The maximum absolute atomic E-state index is 12.5. The van der Waals surface area contributed by atoms with Gasteiger partial charge in [0.25, 0.3) is 21.4 Å². The van der Waals surface area contributed by atoms with Crippen molar-refractivity contribution in [1.29, 1.82) is 0 Å². The number of nitro benzene ring substituents is 2. The quantitative estimate of drug-likeness (QED) is 0.432. The van der Waals surface area contributed by atoms with Crippen LogP contribution >= 0.6 is 0 Å². The van der Waals surface area contributed by atoms with Crippen LogP contribution in [-0.2, 0) is 21.3 Å². The largest absolute Gasteiger partial charge is 0.491 e. The van der Waals surface area contributed by atoms with Gasteiger partial charge in [0.05, 0.1) is 22.5 Å². The van der Waals surface area contributed by atoms with Crippen molar-refractivity contribution >= 4 is 39.7 Å². The second kappa shape index (κ2) is 6.36. The van der Waals surface area contributed by atoms with Gasteiger partial charge >= 0.3 is 7.12 Å². The molecule has 0 amide bonds. The third-order valence-electron chi connectivity index (χ3n) is 3.70. The zero-order valence-electron chi connectivity index (χ0n) is 12.9. The Balaban J connectivity index is 2.00. The van der Waals surface area contributed by atoms with E-state index in [-0.39, 0.29) is 12.3 Å². The van der Waals surface area contributed by atoms with Crippen LogP contribution in [0.1, 0.15) is 5.56 Å². The molecule has 0 fully saturated rings. The number of nitrogens with one attached hydrogen (secondary N) is 1. The van der Waals surface area contributed by atoms with Crippen molar-refractivity contribution in [1.82, 2.24) is 0 Å². The van der Waals surface area contributed by atoms with E-state index in [1.54, 1.807) is 6.07 Å². The van der Waals surface area contributed by atoms with Gasteiger partial charge in [-0.2, -0.15) is 0 Å². The molecule has 0 unspecified atom stereocenters. The van der Waals surface area contributed by atoms with E-state index >= 15 is 0 Å². The Bertz CT molecular complexity index is 1030. The third kappa shape index (κ3) is 3.22. The van der Waals surface area contributed by atoms with Gasteiger partial charge in [0.1, 0.15) is 0 Å². The third-order valence-corrected chi connectivity index (χ3v) is 5.13. The van der Waals surface area contributed by atoms with Crippen LogP contribution in [0.25, 0.3) is 0 Å². The molecule has 2 aromatic carbocycles. The molecule has 0 radical (unpaired) electrons. The van der Waals surface area contributed by atoms with Crippen molar-refractivity contribution in [3.63, 3.8) is 0 Å². The molecule has 13 heteroatoms. The summed E-state index contributed by atoms with van der Waals surface area (Å²) in [7, 11) is -5.59. The lowest BCUT2D eigenvalue weighted by Gasteiger charge is -2.10. The van der Waals surface area contributed by atoms with Crippen molar-refractivity contribution in [3.8, 4) is 0 Å². The van der Waals surface area contributed by atoms with Crippen molar-refractivity contribution < 1.29 is 27.9 Å². The summed E-state index contributed by atoms with van der Waals surface area (Å²) in [5.74, 6) is 0. The molecule has 0 spiro atoms. The fourth-order valence-corrected chi connectivity index (χ4v) is 3.68. The molecule has 1 aliphatic heterocycles.